The van der Waals surface area contributed by atoms with Gasteiger partial charge in [0.15, 0.2) is 12.1 Å². The molecule has 1 amide bonds. The molecule has 3 rings (SSSR count). The number of aryl methyl sites for hydroxylation is 1. The summed E-state index contributed by atoms with van der Waals surface area (Å²) in [6.07, 6.45) is 4.01. The average Bonchev–Trinajstić information content (AvgIpc) is 2.91. The van der Waals surface area contributed by atoms with Crippen LogP contribution in [-0.2, 0) is 6.42 Å². The number of carbonyl (C=O) groups is 1. The molecule has 1 aromatic heterocycles. The van der Waals surface area contributed by atoms with Crippen molar-refractivity contribution in [2.45, 2.75) is 38.1 Å². The van der Waals surface area contributed by atoms with E-state index in [1.54, 1.807) is 0 Å². The number of benzene rings is 1. The molecule has 1 heterocycles. The molecular formula is C16H18N2O2. The lowest BCUT2D eigenvalue weighted by atomic mass is 9.76. The second-order valence-corrected chi connectivity index (χ2v) is 5.23. The van der Waals surface area contributed by atoms with Crippen molar-refractivity contribution in [2.24, 2.45) is 0 Å². The summed E-state index contributed by atoms with van der Waals surface area (Å²) >= 11 is 0. The minimum atomic E-state index is -0.118. The predicted molar refractivity (Wildman–Crippen MR) is 75.6 cm³/mol. The predicted octanol–water partition coefficient (Wildman–Crippen LogP) is 2.91. The van der Waals surface area contributed by atoms with Gasteiger partial charge in [-0.15, -0.1) is 0 Å². The molecule has 1 aromatic carbocycles. The third-order valence-electron chi connectivity index (χ3n) is 3.92. The zero-order valence-corrected chi connectivity index (χ0v) is 11.5. The Morgan fingerprint density at radius 2 is 2.10 bits per heavy atom. The van der Waals surface area contributed by atoms with Crippen molar-refractivity contribution in [1.82, 2.24) is 10.3 Å². The van der Waals surface area contributed by atoms with Crippen molar-refractivity contribution in [1.29, 1.82) is 0 Å². The van der Waals surface area contributed by atoms with Crippen molar-refractivity contribution >= 4 is 5.91 Å². The summed E-state index contributed by atoms with van der Waals surface area (Å²) in [4.78, 5) is 16.1. The van der Waals surface area contributed by atoms with E-state index < -0.39 is 0 Å². The highest BCUT2D eigenvalue weighted by Crippen LogP contribution is 2.36. The summed E-state index contributed by atoms with van der Waals surface area (Å²) in [5.74, 6) is 1.10. The summed E-state index contributed by atoms with van der Waals surface area (Å²) in [6.45, 7) is 1.95. The molecule has 1 saturated carbocycles. The van der Waals surface area contributed by atoms with Gasteiger partial charge in [-0.05, 0) is 24.3 Å². The van der Waals surface area contributed by atoms with Gasteiger partial charge in [-0.1, -0.05) is 37.3 Å². The van der Waals surface area contributed by atoms with Gasteiger partial charge in [0.25, 0.3) is 5.91 Å². The summed E-state index contributed by atoms with van der Waals surface area (Å²) in [7, 11) is 0. The van der Waals surface area contributed by atoms with Crippen LogP contribution in [0.4, 0.5) is 0 Å². The molecule has 0 bridgehead atoms. The second-order valence-electron chi connectivity index (χ2n) is 5.23. The third kappa shape index (κ3) is 2.46. The van der Waals surface area contributed by atoms with E-state index >= 15 is 0 Å². The third-order valence-corrected chi connectivity index (χ3v) is 3.92. The first-order valence-corrected chi connectivity index (χ1v) is 7.06. The molecule has 20 heavy (non-hydrogen) atoms. The first-order chi connectivity index (χ1) is 9.78. The minimum Gasteiger partial charge on any atom is -0.448 e. The number of rotatable bonds is 4. The van der Waals surface area contributed by atoms with Gasteiger partial charge in [-0.25, -0.2) is 4.98 Å². The second kappa shape index (κ2) is 5.49. The summed E-state index contributed by atoms with van der Waals surface area (Å²) in [5, 5.41) is 3.03. The number of aromatic nitrogens is 1. The maximum absolute atomic E-state index is 12.1. The van der Waals surface area contributed by atoms with Crippen LogP contribution in [0.15, 0.2) is 41.1 Å². The van der Waals surface area contributed by atoms with Crippen LogP contribution in [0.2, 0.25) is 0 Å². The number of hydrogen-bond acceptors (Lipinski definition) is 3. The number of nitrogens with one attached hydrogen (secondary N) is 1. The normalized spacial score (nSPS) is 21.2. The fourth-order valence-corrected chi connectivity index (χ4v) is 2.69. The quantitative estimate of drug-likeness (QED) is 0.929. The zero-order chi connectivity index (χ0) is 13.9. The Kier molecular flexibility index (Phi) is 3.54. The Morgan fingerprint density at radius 3 is 2.80 bits per heavy atom. The van der Waals surface area contributed by atoms with Crippen LogP contribution in [0.25, 0.3) is 0 Å². The number of carbonyl (C=O) groups excluding carboxylic acids is 1. The Labute approximate surface area is 118 Å². The van der Waals surface area contributed by atoms with E-state index in [1.165, 1.54) is 12.0 Å². The first kappa shape index (κ1) is 12.9. The van der Waals surface area contributed by atoms with E-state index in [4.69, 9.17) is 4.42 Å². The van der Waals surface area contributed by atoms with Gasteiger partial charge < -0.3 is 9.73 Å². The van der Waals surface area contributed by atoms with Gasteiger partial charge in [0, 0.05) is 12.5 Å². The topological polar surface area (TPSA) is 55.1 Å². The molecule has 0 aliphatic heterocycles. The molecule has 0 radical (unpaired) electrons. The summed E-state index contributed by atoms with van der Waals surface area (Å²) in [6, 6.07) is 10.7. The van der Waals surface area contributed by atoms with Crippen LogP contribution in [0.1, 0.15) is 47.5 Å². The van der Waals surface area contributed by atoms with E-state index in [9.17, 15) is 4.79 Å². The largest absolute Gasteiger partial charge is 0.448 e. The van der Waals surface area contributed by atoms with Crippen LogP contribution >= 0.6 is 0 Å². The van der Waals surface area contributed by atoms with Crippen molar-refractivity contribution < 1.29 is 9.21 Å². The lowest BCUT2D eigenvalue weighted by molar-refractivity contribution is 0.0902. The standard InChI is InChI=1S/C16H18N2O2/c1-2-14-15(17-10-20-14)16(19)18-13-8-12(9-13)11-6-4-3-5-7-11/h3-7,10,12-13H,2,8-9H2,1H3,(H,18,19). The van der Waals surface area contributed by atoms with Gasteiger partial charge in [-0.3, -0.25) is 4.79 Å². The molecule has 4 heteroatoms. The summed E-state index contributed by atoms with van der Waals surface area (Å²) in [5.41, 5.74) is 1.78. The SMILES string of the molecule is CCc1ocnc1C(=O)NC1CC(c2ccccc2)C1. The molecule has 1 fully saturated rings. The number of hydrogen-bond donors (Lipinski definition) is 1. The molecule has 0 spiro atoms. The maximum atomic E-state index is 12.1. The smallest absolute Gasteiger partial charge is 0.273 e. The van der Waals surface area contributed by atoms with Gasteiger partial charge >= 0.3 is 0 Å². The van der Waals surface area contributed by atoms with Crippen LogP contribution in [-0.4, -0.2) is 16.9 Å². The van der Waals surface area contributed by atoms with Crippen LogP contribution in [0.5, 0.6) is 0 Å². The maximum Gasteiger partial charge on any atom is 0.273 e. The van der Waals surface area contributed by atoms with Crippen molar-refractivity contribution in [3.63, 3.8) is 0 Å². The van der Waals surface area contributed by atoms with Crippen molar-refractivity contribution in [3.05, 3.63) is 53.7 Å². The molecular weight excluding hydrogens is 252 g/mol. The van der Waals surface area contributed by atoms with Crippen LogP contribution < -0.4 is 5.32 Å². The highest BCUT2D eigenvalue weighted by atomic mass is 16.3. The Hall–Kier alpha value is -2.10. The fourth-order valence-electron chi connectivity index (χ4n) is 2.69. The molecule has 1 N–H and O–H groups in total. The van der Waals surface area contributed by atoms with Crippen LogP contribution in [0, 0.1) is 0 Å². The fraction of sp³-hybridized carbons (Fsp3) is 0.375. The van der Waals surface area contributed by atoms with Crippen molar-refractivity contribution in [2.75, 3.05) is 0 Å². The summed E-state index contributed by atoms with van der Waals surface area (Å²) < 4.78 is 5.19. The van der Waals surface area contributed by atoms with E-state index in [2.05, 4.69) is 34.6 Å². The van der Waals surface area contributed by atoms with Crippen LogP contribution in [0.3, 0.4) is 0 Å². The molecule has 0 saturated heterocycles. The first-order valence-electron chi connectivity index (χ1n) is 7.06. The van der Waals surface area contributed by atoms with E-state index in [0.717, 1.165) is 12.8 Å². The molecule has 0 unspecified atom stereocenters. The highest BCUT2D eigenvalue weighted by Gasteiger charge is 2.32. The van der Waals surface area contributed by atoms with E-state index in [-0.39, 0.29) is 11.9 Å². The van der Waals surface area contributed by atoms with Gasteiger partial charge in [-0.2, -0.15) is 0 Å². The molecule has 1 aliphatic rings. The molecule has 4 nitrogen and oxygen atoms in total. The van der Waals surface area contributed by atoms with E-state index in [1.807, 2.05) is 13.0 Å². The minimum absolute atomic E-state index is 0.118. The van der Waals surface area contributed by atoms with Gasteiger partial charge in [0.2, 0.25) is 0 Å². The highest BCUT2D eigenvalue weighted by molar-refractivity contribution is 5.93. The number of nitrogens with zero attached hydrogens (tertiary/aromatic N) is 1. The van der Waals surface area contributed by atoms with E-state index in [0.29, 0.717) is 23.8 Å². The van der Waals surface area contributed by atoms with Crippen molar-refractivity contribution in [3.8, 4) is 0 Å². The van der Waals surface area contributed by atoms with Gasteiger partial charge in [0.05, 0.1) is 0 Å². The number of oxazole rings is 1. The Bertz CT molecular complexity index is 586. The Morgan fingerprint density at radius 1 is 1.35 bits per heavy atom. The molecule has 1 aliphatic carbocycles. The number of amides is 1. The average molecular weight is 270 g/mol. The van der Waals surface area contributed by atoms with Gasteiger partial charge in [0.1, 0.15) is 5.76 Å². The Balaban J connectivity index is 1.55. The lowest BCUT2D eigenvalue weighted by Crippen LogP contribution is -2.43. The molecule has 104 valence electrons. The lowest BCUT2D eigenvalue weighted by Gasteiger charge is -2.36. The zero-order valence-electron chi connectivity index (χ0n) is 11.5. The molecule has 2 aromatic rings. The monoisotopic (exact) mass is 270 g/mol. The molecule has 0 atom stereocenters.